The van der Waals surface area contributed by atoms with Gasteiger partial charge in [0.2, 0.25) is 0 Å². The fourth-order valence-corrected chi connectivity index (χ4v) is 4.87. The normalized spacial score (nSPS) is 25.5. The van der Waals surface area contributed by atoms with Crippen LogP contribution in [0.25, 0.3) is 11.0 Å². The molecule has 1 aliphatic carbocycles. The number of rotatable bonds is 5. The maximum absolute atomic E-state index is 11.3. The van der Waals surface area contributed by atoms with E-state index < -0.39 is 5.97 Å². The van der Waals surface area contributed by atoms with Gasteiger partial charge in [-0.3, -0.25) is 9.78 Å². The lowest BCUT2D eigenvalue weighted by atomic mass is 9.79. The predicted octanol–water partition coefficient (Wildman–Crippen LogP) is 3.25. The zero-order chi connectivity index (χ0) is 17.9. The molecule has 0 unspecified atom stereocenters. The smallest absolute Gasteiger partial charge is 0.303 e. The first-order chi connectivity index (χ1) is 12.7. The van der Waals surface area contributed by atoms with Crippen LogP contribution in [0.4, 0.5) is 0 Å². The van der Waals surface area contributed by atoms with E-state index in [4.69, 9.17) is 4.98 Å². The number of likely N-dealkylation sites (tertiary alicyclic amines) is 1. The molecular weight excluding hydrogens is 328 g/mol. The lowest BCUT2D eigenvalue weighted by molar-refractivity contribution is -0.139. The lowest BCUT2D eigenvalue weighted by Crippen LogP contribution is -2.47. The summed E-state index contributed by atoms with van der Waals surface area (Å²) < 4.78 is 0. The third-order valence-corrected chi connectivity index (χ3v) is 6.24. The van der Waals surface area contributed by atoms with Crippen molar-refractivity contribution in [3.63, 3.8) is 0 Å². The lowest BCUT2D eigenvalue weighted by Gasteiger charge is -2.43. The Balaban J connectivity index is 1.50. The molecule has 6 heteroatoms. The number of pyridine rings is 1. The molecule has 3 heterocycles. The fourth-order valence-electron chi connectivity index (χ4n) is 4.87. The first-order valence-corrected chi connectivity index (χ1v) is 9.93. The average Bonchev–Trinajstić information content (AvgIpc) is 3.06. The van der Waals surface area contributed by atoms with E-state index in [9.17, 15) is 9.90 Å². The molecule has 1 saturated carbocycles. The van der Waals surface area contributed by atoms with Crippen molar-refractivity contribution in [2.24, 2.45) is 11.8 Å². The maximum atomic E-state index is 11.3. The Morgan fingerprint density at radius 3 is 2.85 bits per heavy atom. The standard InChI is InChI=1S/C20H28N4O2/c25-20(26)11-14-7-9-24(16-4-2-1-3-5-16)13-15(14)10-19-22-17-6-8-21-12-18(17)23-19/h6,8,12,14-16H,1-5,7,9-11,13H2,(H,22,23)(H,25,26)/t14-,15-/m0/s1. The molecule has 0 amide bonds. The van der Waals surface area contributed by atoms with Crippen LogP contribution in [0.1, 0.15) is 50.8 Å². The number of imidazole rings is 1. The van der Waals surface area contributed by atoms with Crippen LogP contribution in [-0.4, -0.2) is 50.1 Å². The zero-order valence-corrected chi connectivity index (χ0v) is 15.2. The van der Waals surface area contributed by atoms with Gasteiger partial charge < -0.3 is 15.0 Å². The summed E-state index contributed by atoms with van der Waals surface area (Å²) in [4.78, 5) is 26.2. The Morgan fingerprint density at radius 2 is 2.08 bits per heavy atom. The Hall–Kier alpha value is -1.95. The van der Waals surface area contributed by atoms with Crippen molar-refractivity contribution < 1.29 is 9.90 Å². The van der Waals surface area contributed by atoms with Gasteiger partial charge in [-0.25, -0.2) is 4.98 Å². The molecule has 140 valence electrons. The Bertz CT molecular complexity index is 720. The van der Waals surface area contributed by atoms with Gasteiger partial charge in [0.15, 0.2) is 0 Å². The van der Waals surface area contributed by atoms with Gasteiger partial charge in [0, 0.05) is 31.6 Å². The van der Waals surface area contributed by atoms with Crippen molar-refractivity contribution in [2.75, 3.05) is 13.1 Å². The summed E-state index contributed by atoms with van der Waals surface area (Å²) in [5, 5.41) is 9.33. The van der Waals surface area contributed by atoms with E-state index in [1.54, 1.807) is 12.4 Å². The molecule has 2 aromatic rings. The highest BCUT2D eigenvalue weighted by molar-refractivity contribution is 5.73. The van der Waals surface area contributed by atoms with Crippen LogP contribution in [0.3, 0.4) is 0 Å². The molecule has 1 aliphatic heterocycles. The van der Waals surface area contributed by atoms with Crippen molar-refractivity contribution >= 4 is 17.0 Å². The second kappa shape index (κ2) is 7.74. The molecule has 4 rings (SSSR count). The minimum Gasteiger partial charge on any atom is -0.481 e. The van der Waals surface area contributed by atoms with Crippen molar-refractivity contribution in [3.8, 4) is 0 Å². The number of hydrogen-bond donors (Lipinski definition) is 2. The number of nitrogens with zero attached hydrogens (tertiary/aromatic N) is 3. The molecule has 2 aromatic heterocycles. The Labute approximate surface area is 154 Å². The molecule has 2 N–H and O–H groups in total. The first-order valence-electron chi connectivity index (χ1n) is 9.93. The number of H-pyrrole nitrogens is 1. The van der Waals surface area contributed by atoms with E-state index in [0.717, 1.165) is 42.8 Å². The monoisotopic (exact) mass is 356 g/mol. The van der Waals surface area contributed by atoms with E-state index in [-0.39, 0.29) is 12.3 Å². The number of aromatic amines is 1. The van der Waals surface area contributed by atoms with Gasteiger partial charge in [-0.1, -0.05) is 19.3 Å². The van der Waals surface area contributed by atoms with E-state index in [1.165, 1.54) is 32.1 Å². The van der Waals surface area contributed by atoms with Crippen LogP contribution in [0.2, 0.25) is 0 Å². The van der Waals surface area contributed by atoms with Crippen LogP contribution in [0, 0.1) is 11.8 Å². The number of aliphatic carboxylic acids is 1. The highest BCUT2D eigenvalue weighted by Gasteiger charge is 2.34. The molecule has 0 spiro atoms. The van der Waals surface area contributed by atoms with Crippen molar-refractivity contribution in [1.29, 1.82) is 0 Å². The summed E-state index contributed by atoms with van der Waals surface area (Å²) in [6, 6.07) is 2.61. The van der Waals surface area contributed by atoms with Gasteiger partial charge in [0.05, 0.1) is 17.2 Å². The number of carbonyl (C=O) groups is 1. The zero-order valence-electron chi connectivity index (χ0n) is 15.2. The second-order valence-corrected chi connectivity index (χ2v) is 7.97. The number of nitrogens with one attached hydrogen (secondary N) is 1. The maximum Gasteiger partial charge on any atom is 0.303 e. The molecule has 26 heavy (non-hydrogen) atoms. The molecule has 0 aromatic carbocycles. The number of carboxylic acid groups (broad SMARTS) is 1. The Kier molecular flexibility index (Phi) is 5.20. The van der Waals surface area contributed by atoms with Crippen LogP contribution in [0.15, 0.2) is 18.5 Å². The summed E-state index contributed by atoms with van der Waals surface area (Å²) in [5.74, 6) is 0.854. The molecule has 1 saturated heterocycles. The molecule has 2 aliphatic rings. The van der Waals surface area contributed by atoms with Gasteiger partial charge in [0.1, 0.15) is 5.82 Å². The van der Waals surface area contributed by atoms with Crippen LogP contribution in [-0.2, 0) is 11.2 Å². The number of aromatic nitrogens is 3. The van der Waals surface area contributed by atoms with E-state index >= 15 is 0 Å². The highest BCUT2D eigenvalue weighted by atomic mass is 16.4. The molecule has 0 radical (unpaired) electrons. The number of piperidine rings is 1. The molecule has 6 nitrogen and oxygen atoms in total. The summed E-state index contributed by atoms with van der Waals surface area (Å²) in [6.07, 6.45) is 12.3. The van der Waals surface area contributed by atoms with Gasteiger partial charge in [-0.05, 0) is 43.7 Å². The third-order valence-electron chi connectivity index (χ3n) is 6.24. The number of carboxylic acids is 1. The fraction of sp³-hybridized carbons (Fsp3) is 0.650. The minimum atomic E-state index is -0.681. The van der Waals surface area contributed by atoms with Crippen molar-refractivity contribution in [1.82, 2.24) is 19.9 Å². The summed E-state index contributed by atoms with van der Waals surface area (Å²) in [5.41, 5.74) is 1.89. The molecule has 2 fully saturated rings. The number of fused-ring (bicyclic) bond motifs is 1. The quantitative estimate of drug-likeness (QED) is 0.859. The number of hydrogen-bond acceptors (Lipinski definition) is 4. The van der Waals surface area contributed by atoms with E-state index in [1.807, 2.05) is 6.07 Å². The highest BCUT2D eigenvalue weighted by Crippen LogP contribution is 2.33. The molecule has 2 atom stereocenters. The third kappa shape index (κ3) is 3.90. The van der Waals surface area contributed by atoms with Crippen LogP contribution >= 0.6 is 0 Å². The van der Waals surface area contributed by atoms with Crippen molar-refractivity contribution in [3.05, 3.63) is 24.3 Å². The summed E-state index contributed by atoms with van der Waals surface area (Å²) in [7, 11) is 0. The van der Waals surface area contributed by atoms with E-state index in [2.05, 4.69) is 14.9 Å². The summed E-state index contributed by atoms with van der Waals surface area (Å²) >= 11 is 0. The molecular formula is C20H28N4O2. The minimum absolute atomic E-state index is 0.235. The molecule has 0 bridgehead atoms. The average molecular weight is 356 g/mol. The van der Waals surface area contributed by atoms with Gasteiger partial charge in [-0.2, -0.15) is 0 Å². The van der Waals surface area contributed by atoms with Gasteiger partial charge >= 0.3 is 5.97 Å². The largest absolute Gasteiger partial charge is 0.481 e. The van der Waals surface area contributed by atoms with E-state index in [0.29, 0.717) is 12.0 Å². The van der Waals surface area contributed by atoms with Gasteiger partial charge in [-0.15, -0.1) is 0 Å². The van der Waals surface area contributed by atoms with Crippen molar-refractivity contribution in [2.45, 2.75) is 57.4 Å². The SMILES string of the molecule is O=C(O)C[C@@H]1CCN(C2CCCCC2)C[C@@H]1Cc1nc2ccncc2[nH]1. The topological polar surface area (TPSA) is 82.1 Å². The Morgan fingerprint density at radius 1 is 1.23 bits per heavy atom. The van der Waals surface area contributed by atoms with Crippen LogP contribution < -0.4 is 0 Å². The van der Waals surface area contributed by atoms with Crippen LogP contribution in [0.5, 0.6) is 0 Å². The second-order valence-electron chi connectivity index (χ2n) is 7.97. The summed E-state index contributed by atoms with van der Waals surface area (Å²) in [6.45, 7) is 2.04. The first kappa shape index (κ1) is 17.5. The van der Waals surface area contributed by atoms with Gasteiger partial charge in [0.25, 0.3) is 0 Å². The predicted molar refractivity (Wildman–Crippen MR) is 99.9 cm³/mol.